The van der Waals surface area contributed by atoms with Gasteiger partial charge in [0, 0.05) is 6.42 Å². The van der Waals surface area contributed by atoms with E-state index in [0.29, 0.717) is 6.42 Å². The predicted octanol–water partition coefficient (Wildman–Crippen LogP) is 3.15. The Hall–Kier alpha value is -1.35. The van der Waals surface area contributed by atoms with Crippen LogP contribution in [-0.4, -0.2) is 17.6 Å². The predicted molar refractivity (Wildman–Crippen MR) is 77.3 cm³/mol. The molecule has 0 aliphatic carbocycles. The number of amides is 1. The molecular weight excluding hydrogens is 262 g/mol. The molecular formula is C15H20ClNO2. The van der Waals surface area contributed by atoms with Gasteiger partial charge in [0.2, 0.25) is 5.91 Å². The summed E-state index contributed by atoms with van der Waals surface area (Å²) in [6.45, 7) is 3.99. The number of aryl methyl sites for hydroxylation is 1. The molecule has 19 heavy (non-hydrogen) atoms. The fraction of sp³-hybridized carbons (Fsp3) is 0.467. The van der Waals surface area contributed by atoms with Gasteiger partial charge in [-0.1, -0.05) is 43.2 Å². The molecule has 0 spiro atoms. The summed E-state index contributed by atoms with van der Waals surface area (Å²) in [5.74, 6) is -0.424. The number of nitrogens with one attached hydrogen (secondary N) is 1. The third kappa shape index (κ3) is 5.03. The monoisotopic (exact) mass is 281 g/mol. The van der Waals surface area contributed by atoms with Crippen LogP contribution < -0.4 is 5.32 Å². The largest absolute Gasteiger partial charge is 0.341 e. The fourth-order valence-electron chi connectivity index (χ4n) is 1.89. The van der Waals surface area contributed by atoms with Crippen molar-refractivity contribution in [1.29, 1.82) is 0 Å². The van der Waals surface area contributed by atoms with Crippen LogP contribution in [0.3, 0.4) is 0 Å². The standard InChI is InChI=1S/C15H20ClNO2/c1-3-4-8-13(18)15(17-14(19)10-16)12-7-5-6-11(2)9-12/h5-7,9,15H,3-4,8,10H2,1-2H3,(H,17,19). The number of ketones is 1. The molecule has 1 atom stereocenters. The number of unbranched alkanes of at least 4 members (excludes halogenated alkanes) is 1. The minimum Gasteiger partial charge on any atom is -0.341 e. The van der Waals surface area contributed by atoms with Crippen molar-refractivity contribution in [3.05, 3.63) is 35.4 Å². The zero-order valence-electron chi connectivity index (χ0n) is 11.4. The second kappa shape index (κ2) is 7.95. The smallest absolute Gasteiger partial charge is 0.235 e. The minimum atomic E-state index is -0.585. The van der Waals surface area contributed by atoms with Gasteiger partial charge in [-0.05, 0) is 18.9 Å². The van der Waals surface area contributed by atoms with Gasteiger partial charge in [0.1, 0.15) is 11.9 Å². The molecule has 0 heterocycles. The van der Waals surface area contributed by atoms with Crippen LogP contribution >= 0.6 is 11.6 Å². The highest BCUT2D eigenvalue weighted by atomic mass is 35.5. The van der Waals surface area contributed by atoms with Crippen LogP contribution in [0.2, 0.25) is 0 Å². The summed E-state index contributed by atoms with van der Waals surface area (Å²) in [6, 6.07) is 7.04. The second-order valence-corrected chi connectivity index (χ2v) is 4.89. The molecule has 1 amide bonds. The number of halogens is 1. The Bertz CT molecular complexity index is 446. The van der Waals surface area contributed by atoms with Crippen molar-refractivity contribution in [1.82, 2.24) is 5.32 Å². The van der Waals surface area contributed by atoms with Crippen LogP contribution in [0.4, 0.5) is 0 Å². The molecule has 0 saturated heterocycles. The van der Waals surface area contributed by atoms with Gasteiger partial charge in [0.15, 0.2) is 5.78 Å². The molecule has 0 aromatic heterocycles. The number of carbonyl (C=O) groups is 2. The highest BCUT2D eigenvalue weighted by Gasteiger charge is 2.21. The Labute approximate surface area is 119 Å². The third-order valence-corrected chi connectivity index (χ3v) is 3.14. The van der Waals surface area contributed by atoms with Crippen LogP contribution in [0.5, 0.6) is 0 Å². The van der Waals surface area contributed by atoms with Crippen LogP contribution in [-0.2, 0) is 9.59 Å². The summed E-state index contributed by atoms with van der Waals surface area (Å²) in [5, 5.41) is 2.70. The van der Waals surface area contributed by atoms with Gasteiger partial charge in [0.05, 0.1) is 0 Å². The number of benzene rings is 1. The maximum atomic E-state index is 12.2. The van der Waals surface area contributed by atoms with Gasteiger partial charge in [-0.15, -0.1) is 11.6 Å². The molecule has 1 rings (SSSR count). The highest BCUT2D eigenvalue weighted by Crippen LogP contribution is 2.18. The summed E-state index contributed by atoms with van der Waals surface area (Å²) in [6.07, 6.45) is 2.26. The molecule has 1 unspecified atom stereocenters. The van der Waals surface area contributed by atoms with Crippen molar-refractivity contribution in [2.24, 2.45) is 0 Å². The van der Waals surface area contributed by atoms with Gasteiger partial charge in [-0.25, -0.2) is 0 Å². The lowest BCUT2D eigenvalue weighted by Gasteiger charge is -2.18. The fourth-order valence-corrected chi connectivity index (χ4v) is 1.97. The van der Waals surface area contributed by atoms with Gasteiger partial charge in [-0.3, -0.25) is 9.59 Å². The zero-order valence-corrected chi connectivity index (χ0v) is 12.2. The SMILES string of the molecule is CCCCC(=O)C(NC(=O)CCl)c1cccc(C)c1. The highest BCUT2D eigenvalue weighted by molar-refractivity contribution is 6.27. The molecule has 0 fully saturated rings. The van der Waals surface area contributed by atoms with Crippen molar-refractivity contribution in [2.75, 3.05) is 5.88 Å². The van der Waals surface area contributed by atoms with Gasteiger partial charge < -0.3 is 5.32 Å². The molecule has 1 aromatic rings. The number of alkyl halides is 1. The van der Waals surface area contributed by atoms with E-state index in [2.05, 4.69) is 5.32 Å². The van der Waals surface area contributed by atoms with E-state index < -0.39 is 6.04 Å². The van der Waals surface area contributed by atoms with Crippen molar-refractivity contribution < 1.29 is 9.59 Å². The van der Waals surface area contributed by atoms with E-state index in [1.807, 2.05) is 38.1 Å². The van der Waals surface area contributed by atoms with Crippen molar-refractivity contribution >= 4 is 23.3 Å². The first kappa shape index (κ1) is 15.7. The topological polar surface area (TPSA) is 46.2 Å². The number of Topliss-reactive ketones (excluding diaryl/α,β-unsaturated/α-hetero) is 1. The lowest BCUT2D eigenvalue weighted by molar-refractivity contribution is -0.126. The summed E-state index contributed by atoms with van der Waals surface area (Å²) in [5.41, 5.74) is 1.88. The van der Waals surface area contributed by atoms with Crippen LogP contribution in [0.25, 0.3) is 0 Å². The Kier molecular flexibility index (Phi) is 6.57. The van der Waals surface area contributed by atoms with Gasteiger partial charge in [-0.2, -0.15) is 0 Å². The van der Waals surface area contributed by atoms with Crippen molar-refractivity contribution in [3.63, 3.8) is 0 Å². The Morgan fingerprint density at radius 1 is 1.37 bits per heavy atom. The summed E-state index contributed by atoms with van der Waals surface area (Å²) in [4.78, 5) is 23.7. The summed E-state index contributed by atoms with van der Waals surface area (Å²) < 4.78 is 0. The lowest BCUT2D eigenvalue weighted by atomic mass is 9.97. The molecule has 0 radical (unpaired) electrons. The van der Waals surface area contributed by atoms with E-state index >= 15 is 0 Å². The quantitative estimate of drug-likeness (QED) is 0.781. The maximum Gasteiger partial charge on any atom is 0.235 e. The van der Waals surface area contributed by atoms with Crippen molar-refractivity contribution in [3.8, 4) is 0 Å². The average molecular weight is 282 g/mol. The minimum absolute atomic E-state index is 0.0333. The number of carbonyl (C=O) groups excluding carboxylic acids is 2. The zero-order chi connectivity index (χ0) is 14.3. The molecule has 0 bridgehead atoms. The summed E-state index contributed by atoms with van der Waals surface area (Å²) in [7, 11) is 0. The molecule has 0 aliphatic rings. The molecule has 1 N–H and O–H groups in total. The van der Waals surface area contributed by atoms with Gasteiger partial charge >= 0.3 is 0 Å². The number of rotatable bonds is 7. The Morgan fingerprint density at radius 3 is 2.68 bits per heavy atom. The van der Waals surface area contributed by atoms with E-state index in [1.165, 1.54) is 0 Å². The molecule has 4 heteroatoms. The number of hydrogen-bond acceptors (Lipinski definition) is 2. The molecule has 0 saturated carbocycles. The van der Waals surface area contributed by atoms with Gasteiger partial charge in [0.25, 0.3) is 0 Å². The van der Waals surface area contributed by atoms with E-state index in [9.17, 15) is 9.59 Å². The summed E-state index contributed by atoms with van der Waals surface area (Å²) >= 11 is 5.50. The van der Waals surface area contributed by atoms with E-state index in [1.54, 1.807) is 0 Å². The molecule has 0 aliphatic heterocycles. The first-order valence-electron chi connectivity index (χ1n) is 6.53. The van der Waals surface area contributed by atoms with Crippen LogP contribution in [0, 0.1) is 6.92 Å². The Morgan fingerprint density at radius 2 is 2.11 bits per heavy atom. The van der Waals surface area contributed by atoms with Crippen LogP contribution in [0.1, 0.15) is 43.4 Å². The first-order chi connectivity index (χ1) is 9.08. The second-order valence-electron chi connectivity index (χ2n) is 4.62. The normalized spacial score (nSPS) is 11.9. The molecule has 1 aromatic carbocycles. The van der Waals surface area contributed by atoms with Crippen LogP contribution in [0.15, 0.2) is 24.3 Å². The lowest BCUT2D eigenvalue weighted by Crippen LogP contribution is -2.34. The first-order valence-corrected chi connectivity index (χ1v) is 7.06. The molecule has 3 nitrogen and oxygen atoms in total. The van der Waals surface area contributed by atoms with E-state index in [0.717, 1.165) is 24.0 Å². The maximum absolute atomic E-state index is 12.2. The molecule has 104 valence electrons. The number of hydrogen-bond donors (Lipinski definition) is 1. The third-order valence-electron chi connectivity index (χ3n) is 2.90. The average Bonchev–Trinajstić information content (AvgIpc) is 2.41. The van der Waals surface area contributed by atoms with E-state index in [4.69, 9.17) is 11.6 Å². The Balaban J connectivity index is 2.91. The van der Waals surface area contributed by atoms with E-state index in [-0.39, 0.29) is 17.6 Å². The van der Waals surface area contributed by atoms with Crippen molar-refractivity contribution in [2.45, 2.75) is 39.2 Å².